The van der Waals surface area contributed by atoms with Crippen molar-refractivity contribution >= 4 is 17.4 Å². The number of rotatable bonds is 6. The standard InChI is InChI=1S/C29H34N2O3/c1-6-18(2)34-29(33)26-19(3)30-24-16-22(20-10-8-7-9-11-20)17-25(32)28(24)27(26)21-12-14-23(15-13-21)31(4)5/h7-15,18,22,27,30H,6,16-17H2,1-5H3/t18-,22-,27-/m0/s1. The Labute approximate surface area is 202 Å². The molecule has 4 rings (SSSR count). The predicted octanol–water partition coefficient (Wildman–Crippen LogP) is 5.46. The highest BCUT2D eigenvalue weighted by molar-refractivity contribution is 6.04. The molecule has 1 heterocycles. The number of carbonyl (C=O) groups is 2. The third-order valence-electron chi connectivity index (χ3n) is 6.94. The fourth-order valence-corrected chi connectivity index (χ4v) is 4.90. The molecule has 0 aromatic heterocycles. The van der Waals surface area contributed by atoms with Crippen LogP contribution in [-0.2, 0) is 14.3 Å². The monoisotopic (exact) mass is 458 g/mol. The van der Waals surface area contributed by atoms with Gasteiger partial charge in [-0.1, -0.05) is 49.4 Å². The first kappa shape index (κ1) is 23.8. The highest BCUT2D eigenvalue weighted by atomic mass is 16.5. The normalized spacial score (nSPS) is 21.0. The van der Waals surface area contributed by atoms with Crippen LogP contribution in [0.3, 0.4) is 0 Å². The van der Waals surface area contributed by atoms with Gasteiger partial charge in [0.1, 0.15) is 0 Å². The van der Waals surface area contributed by atoms with Gasteiger partial charge < -0.3 is 15.0 Å². The number of carbonyl (C=O) groups excluding carboxylic acids is 2. The van der Waals surface area contributed by atoms with Gasteiger partial charge >= 0.3 is 5.97 Å². The van der Waals surface area contributed by atoms with Gasteiger partial charge in [-0.25, -0.2) is 4.79 Å². The number of Topliss-reactive ketones (excluding diaryl/α,β-unsaturated/α-hetero) is 1. The molecule has 0 saturated carbocycles. The second kappa shape index (κ2) is 9.88. The third-order valence-corrected chi connectivity index (χ3v) is 6.94. The number of esters is 1. The van der Waals surface area contributed by atoms with E-state index < -0.39 is 5.92 Å². The first-order valence-electron chi connectivity index (χ1n) is 12.1. The molecule has 5 nitrogen and oxygen atoms in total. The van der Waals surface area contributed by atoms with E-state index in [-0.39, 0.29) is 23.8 Å². The minimum absolute atomic E-state index is 0.0885. The smallest absolute Gasteiger partial charge is 0.337 e. The maximum atomic E-state index is 13.6. The van der Waals surface area contributed by atoms with Crippen LogP contribution in [0.15, 0.2) is 77.1 Å². The summed E-state index contributed by atoms with van der Waals surface area (Å²) in [5.74, 6) is -0.581. The maximum absolute atomic E-state index is 13.6. The fourth-order valence-electron chi connectivity index (χ4n) is 4.90. The fraction of sp³-hybridized carbons (Fsp3) is 0.379. The molecule has 2 aromatic rings. The molecule has 0 spiro atoms. The van der Waals surface area contributed by atoms with Crippen molar-refractivity contribution in [2.24, 2.45) is 0 Å². The molecule has 0 amide bonds. The van der Waals surface area contributed by atoms with Crippen molar-refractivity contribution in [1.29, 1.82) is 0 Å². The lowest BCUT2D eigenvalue weighted by Gasteiger charge is -2.37. The molecule has 178 valence electrons. The van der Waals surface area contributed by atoms with Gasteiger partial charge in [-0.2, -0.15) is 0 Å². The summed E-state index contributed by atoms with van der Waals surface area (Å²) in [6, 6.07) is 18.3. The van der Waals surface area contributed by atoms with Crippen LogP contribution in [0, 0.1) is 0 Å². The van der Waals surface area contributed by atoms with Crippen molar-refractivity contribution in [1.82, 2.24) is 5.32 Å². The second-order valence-electron chi connectivity index (χ2n) is 9.54. The van der Waals surface area contributed by atoms with E-state index >= 15 is 0 Å². The molecule has 1 aliphatic carbocycles. The van der Waals surface area contributed by atoms with Crippen LogP contribution in [0.5, 0.6) is 0 Å². The Hall–Kier alpha value is -3.34. The van der Waals surface area contributed by atoms with Gasteiger partial charge in [-0.3, -0.25) is 4.79 Å². The lowest BCUT2D eigenvalue weighted by molar-refractivity contribution is -0.144. The van der Waals surface area contributed by atoms with Crippen LogP contribution >= 0.6 is 0 Å². The Balaban J connectivity index is 1.78. The number of allylic oxidation sites excluding steroid dienone is 3. The summed E-state index contributed by atoms with van der Waals surface area (Å²) in [7, 11) is 3.99. The molecule has 34 heavy (non-hydrogen) atoms. The SMILES string of the molecule is CC[C@H](C)OC(=O)C1=C(C)NC2=C(C(=O)C[C@@H](c3ccccc3)C2)[C@H]1c1ccc(N(C)C)cc1. The zero-order valence-electron chi connectivity index (χ0n) is 20.7. The zero-order valence-corrected chi connectivity index (χ0v) is 20.7. The van der Waals surface area contributed by atoms with Crippen LogP contribution in [0.25, 0.3) is 0 Å². The molecule has 3 atom stereocenters. The molecule has 1 aliphatic heterocycles. The average molecular weight is 459 g/mol. The molecule has 2 aliphatic rings. The van der Waals surface area contributed by atoms with Gasteiger partial charge in [0.15, 0.2) is 5.78 Å². The maximum Gasteiger partial charge on any atom is 0.337 e. The van der Waals surface area contributed by atoms with E-state index in [0.717, 1.165) is 35.5 Å². The first-order valence-corrected chi connectivity index (χ1v) is 12.1. The van der Waals surface area contributed by atoms with Gasteiger partial charge in [-0.05, 0) is 55.9 Å². The van der Waals surface area contributed by atoms with Gasteiger partial charge in [0.05, 0.1) is 11.7 Å². The van der Waals surface area contributed by atoms with E-state index in [1.165, 1.54) is 5.56 Å². The van der Waals surface area contributed by atoms with E-state index in [9.17, 15) is 9.59 Å². The van der Waals surface area contributed by atoms with Gasteiger partial charge in [0.25, 0.3) is 0 Å². The Morgan fingerprint density at radius 2 is 1.74 bits per heavy atom. The summed E-state index contributed by atoms with van der Waals surface area (Å²) in [6.07, 6.45) is 1.72. The number of ether oxygens (including phenoxy) is 1. The van der Waals surface area contributed by atoms with Crippen molar-refractivity contribution in [3.05, 3.63) is 88.3 Å². The number of hydrogen-bond donors (Lipinski definition) is 1. The lowest BCUT2D eigenvalue weighted by Crippen LogP contribution is -2.36. The zero-order chi connectivity index (χ0) is 24.4. The Bertz CT molecular complexity index is 1130. The van der Waals surface area contributed by atoms with Crippen molar-refractivity contribution in [2.45, 2.75) is 58.0 Å². The van der Waals surface area contributed by atoms with E-state index in [1.807, 2.05) is 82.2 Å². The summed E-state index contributed by atoms with van der Waals surface area (Å²) in [4.78, 5) is 29.0. The summed E-state index contributed by atoms with van der Waals surface area (Å²) in [5, 5.41) is 3.43. The highest BCUT2D eigenvalue weighted by Crippen LogP contribution is 2.46. The van der Waals surface area contributed by atoms with Crippen molar-refractivity contribution in [2.75, 3.05) is 19.0 Å². The van der Waals surface area contributed by atoms with E-state index in [2.05, 4.69) is 17.4 Å². The average Bonchev–Trinajstić information content (AvgIpc) is 2.83. The minimum atomic E-state index is -0.437. The predicted molar refractivity (Wildman–Crippen MR) is 136 cm³/mol. The van der Waals surface area contributed by atoms with E-state index in [0.29, 0.717) is 17.6 Å². The lowest BCUT2D eigenvalue weighted by atomic mass is 9.71. The number of benzene rings is 2. The number of ketones is 1. The summed E-state index contributed by atoms with van der Waals surface area (Å²) in [5.41, 5.74) is 6.07. The molecular weight excluding hydrogens is 424 g/mol. The van der Waals surface area contributed by atoms with Crippen LogP contribution in [0.2, 0.25) is 0 Å². The van der Waals surface area contributed by atoms with Gasteiger partial charge in [0, 0.05) is 49.1 Å². The molecule has 1 N–H and O–H groups in total. The molecule has 0 radical (unpaired) electrons. The van der Waals surface area contributed by atoms with Gasteiger partial charge in [0.2, 0.25) is 0 Å². The Kier molecular flexibility index (Phi) is 6.92. The van der Waals surface area contributed by atoms with Crippen molar-refractivity contribution < 1.29 is 14.3 Å². The van der Waals surface area contributed by atoms with Crippen molar-refractivity contribution in [3.8, 4) is 0 Å². The quantitative estimate of drug-likeness (QED) is 0.583. The highest BCUT2D eigenvalue weighted by Gasteiger charge is 2.41. The number of hydrogen-bond acceptors (Lipinski definition) is 5. The first-order chi connectivity index (χ1) is 16.3. The number of nitrogens with one attached hydrogen (secondary N) is 1. The summed E-state index contributed by atoms with van der Waals surface area (Å²) in [6.45, 7) is 5.80. The van der Waals surface area contributed by atoms with Crippen LogP contribution < -0.4 is 10.2 Å². The summed E-state index contributed by atoms with van der Waals surface area (Å²) < 4.78 is 5.75. The van der Waals surface area contributed by atoms with Gasteiger partial charge in [-0.15, -0.1) is 0 Å². The number of anilines is 1. The Morgan fingerprint density at radius 3 is 2.35 bits per heavy atom. The number of nitrogens with zero attached hydrogens (tertiary/aromatic N) is 1. The molecule has 2 aromatic carbocycles. The second-order valence-corrected chi connectivity index (χ2v) is 9.54. The summed E-state index contributed by atoms with van der Waals surface area (Å²) >= 11 is 0. The topological polar surface area (TPSA) is 58.6 Å². The van der Waals surface area contributed by atoms with Crippen LogP contribution in [0.1, 0.15) is 63.0 Å². The molecule has 0 saturated heterocycles. The molecule has 0 fully saturated rings. The molecule has 5 heteroatoms. The van der Waals surface area contributed by atoms with E-state index in [4.69, 9.17) is 4.74 Å². The van der Waals surface area contributed by atoms with Crippen LogP contribution in [0.4, 0.5) is 5.69 Å². The Morgan fingerprint density at radius 1 is 1.06 bits per heavy atom. The third kappa shape index (κ3) is 4.65. The molecule has 0 bridgehead atoms. The number of dihydropyridines is 1. The van der Waals surface area contributed by atoms with Crippen LogP contribution in [-0.4, -0.2) is 32.0 Å². The molecular formula is C29H34N2O3. The molecule has 0 unspecified atom stereocenters. The minimum Gasteiger partial charge on any atom is -0.459 e. The van der Waals surface area contributed by atoms with Crippen molar-refractivity contribution in [3.63, 3.8) is 0 Å². The largest absolute Gasteiger partial charge is 0.459 e. The van der Waals surface area contributed by atoms with E-state index in [1.54, 1.807) is 0 Å².